The number of azide groups is 1. The minimum absolute atomic E-state index is 0.0383. The zero-order valence-corrected chi connectivity index (χ0v) is 9.24. The third-order valence-corrected chi connectivity index (χ3v) is 2.17. The summed E-state index contributed by atoms with van der Waals surface area (Å²) >= 11 is 5.98. The van der Waals surface area contributed by atoms with E-state index in [-0.39, 0.29) is 6.73 Å². The summed E-state index contributed by atoms with van der Waals surface area (Å²) in [7, 11) is 0. The maximum Gasteiger partial charge on any atom is 0.167 e. The third-order valence-electron chi connectivity index (χ3n) is 1.88. The molecule has 0 aliphatic rings. The third kappa shape index (κ3) is 3.70. The molecule has 0 aliphatic heterocycles. The van der Waals surface area contributed by atoms with E-state index in [0.29, 0.717) is 10.8 Å². The van der Waals surface area contributed by atoms with Crippen molar-refractivity contribution in [2.24, 2.45) is 5.11 Å². The number of hydrogen-bond acceptors (Lipinski definition) is 2. The van der Waals surface area contributed by atoms with Crippen LogP contribution < -0.4 is 4.74 Å². The topological polar surface area (TPSA) is 58.0 Å². The van der Waals surface area contributed by atoms with Crippen molar-refractivity contribution in [1.82, 2.24) is 0 Å². The van der Waals surface area contributed by atoms with Crippen molar-refractivity contribution in [3.05, 3.63) is 39.2 Å². The van der Waals surface area contributed by atoms with Gasteiger partial charge in [-0.1, -0.05) is 36.1 Å². The monoisotopic (exact) mass is 225 g/mol. The molecule has 0 saturated heterocycles. The number of nitrogens with zero attached hydrogens (tertiary/aromatic N) is 3. The fourth-order valence-electron chi connectivity index (χ4n) is 1.23. The molecule has 0 atom stereocenters. The van der Waals surface area contributed by atoms with Gasteiger partial charge in [-0.25, -0.2) is 0 Å². The van der Waals surface area contributed by atoms with Gasteiger partial charge in [-0.15, -0.1) is 0 Å². The molecule has 0 unspecified atom stereocenters. The van der Waals surface area contributed by atoms with Crippen LogP contribution in [0, 0.1) is 0 Å². The Labute approximate surface area is 93.4 Å². The van der Waals surface area contributed by atoms with Crippen molar-refractivity contribution in [2.45, 2.75) is 19.8 Å². The summed E-state index contributed by atoms with van der Waals surface area (Å²) in [5.41, 5.74) is 9.25. The van der Waals surface area contributed by atoms with Crippen LogP contribution >= 0.6 is 11.6 Å². The quantitative estimate of drug-likeness (QED) is 0.425. The summed E-state index contributed by atoms with van der Waals surface area (Å²) in [5, 5.41) is 3.82. The van der Waals surface area contributed by atoms with Crippen LogP contribution in [0.2, 0.25) is 5.02 Å². The maximum absolute atomic E-state index is 8.07. The van der Waals surface area contributed by atoms with Gasteiger partial charge in [-0.2, -0.15) is 0 Å². The Hall–Kier alpha value is -1.38. The molecule has 0 bridgehead atoms. The summed E-state index contributed by atoms with van der Waals surface area (Å²) < 4.78 is 5.16. The smallest absolute Gasteiger partial charge is 0.167 e. The fraction of sp³-hybridized carbons (Fsp3) is 0.400. The fourth-order valence-corrected chi connectivity index (χ4v) is 1.49. The van der Waals surface area contributed by atoms with Crippen LogP contribution in [0.25, 0.3) is 10.4 Å². The lowest BCUT2D eigenvalue weighted by Gasteiger charge is -2.06. The number of hydrogen-bond donors (Lipinski definition) is 0. The van der Waals surface area contributed by atoms with E-state index < -0.39 is 0 Å². The maximum atomic E-state index is 8.07. The van der Waals surface area contributed by atoms with Gasteiger partial charge in [0.15, 0.2) is 6.73 Å². The van der Waals surface area contributed by atoms with Gasteiger partial charge in [-0.05, 0) is 29.6 Å². The molecule has 0 N–H and O–H groups in total. The van der Waals surface area contributed by atoms with Crippen molar-refractivity contribution in [1.29, 1.82) is 0 Å². The highest BCUT2D eigenvalue weighted by molar-refractivity contribution is 6.32. The van der Waals surface area contributed by atoms with Gasteiger partial charge in [0.1, 0.15) is 5.75 Å². The predicted octanol–water partition coefficient (Wildman–Crippen LogP) is 3.94. The average molecular weight is 226 g/mol. The van der Waals surface area contributed by atoms with Crippen LogP contribution in [-0.2, 0) is 6.42 Å². The lowest BCUT2D eigenvalue weighted by molar-refractivity contribution is 0.329. The first kappa shape index (κ1) is 11.7. The van der Waals surface area contributed by atoms with Crippen LogP contribution in [0.15, 0.2) is 23.3 Å². The van der Waals surface area contributed by atoms with Gasteiger partial charge < -0.3 is 4.74 Å². The van der Waals surface area contributed by atoms with Gasteiger partial charge in [-0.3, -0.25) is 0 Å². The molecular weight excluding hydrogens is 214 g/mol. The molecule has 80 valence electrons. The zero-order valence-electron chi connectivity index (χ0n) is 8.48. The normalized spacial score (nSPS) is 9.47. The van der Waals surface area contributed by atoms with E-state index in [1.807, 2.05) is 12.1 Å². The number of ether oxygens (including phenoxy) is 1. The molecule has 0 radical (unpaired) electrons. The molecule has 1 aromatic rings. The highest BCUT2D eigenvalue weighted by atomic mass is 35.5. The molecule has 1 aromatic carbocycles. The summed E-state index contributed by atoms with van der Waals surface area (Å²) in [6.07, 6.45) is 2.08. The molecule has 0 aromatic heterocycles. The predicted molar refractivity (Wildman–Crippen MR) is 60.1 cm³/mol. The van der Waals surface area contributed by atoms with E-state index in [1.165, 1.54) is 5.56 Å². The molecule has 0 heterocycles. The molecule has 0 aliphatic carbocycles. The summed E-state index contributed by atoms with van der Waals surface area (Å²) in [6, 6.07) is 5.62. The molecule has 0 saturated carbocycles. The summed E-state index contributed by atoms with van der Waals surface area (Å²) in [6.45, 7) is 2.07. The van der Waals surface area contributed by atoms with Crippen molar-refractivity contribution >= 4 is 11.6 Å². The van der Waals surface area contributed by atoms with Gasteiger partial charge in [0.2, 0.25) is 0 Å². The molecule has 0 spiro atoms. The highest BCUT2D eigenvalue weighted by Gasteiger charge is 2.01. The zero-order chi connectivity index (χ0) is 11.1. The molecule has 5 heteroatoms. The lowest BCUT2D eigenvalue weighted by atomic mass is 10.1. The lowest BCUT2D eigenvalue weighted by Crippen LogP contribution is -1.94. The van der Waals surface area contributed by atoms with E-state index in [9.17, 15) is 0 Å². The van der Waals surface area contributed by atoms with Crippen molar-refractivity contribution in [3.63, 3.8) is 0 Å². The number of rotatable bonds is 5. The van der Waals surface area contributed by atoms with Crippen molar-refractivity contribution in [2.75, 3.05) is 6.73 Å². The number of aryl methyl sites for hydroxylation is 1. The van der Waals surface area contributed by atoms with Crippen molar-refractivity contribution in [3.8, 4) is 5.75 Å². The number of halogens is 1. The Morgan fingerprint density at radius 1 is 1.53 bits per heavy atom. The molecule has 0 amide bonds. The van der Waals surface area contributed by atoms with E-state index in [2.05, 4.69) is 16.9 Å². The van der Waals surface area contributed by atoms with Crippen LogP contribution in [-0.4, -0.2) is 6.73 Å². The van der Waals surface area contributed by atoms with E-state index >= 15 is 0 Å². The van der Waals surface area contributed by atoms with Crippen LogP contribution in [0.1, 0.15) is 18.9 Å². The minimum Gasteiger partial charge on any atom is -0.486 e. The average Bonchev–Trinajstić information content (AvgIpc) is 2.22. The van der Waals surface area contributed by atoms with E-state index in [0.717, 1.165) is 12.8 Å². The Morgan fingerprint density at radius 2 is 2.33 bits per heavy atom. The van der Waals surface area contributed by atoms with Crippen LogP contribution in [0.4, 0.5) is 0 Å². The molecular formula is C10H12ClN3O. The standard InChI is InChI=1S/C10H12ClN3O/c1-2-3-8-4-5-10(9(11)6-8)15-7-13-14-12/h4-6H,2-3,7H2,1H3. The second kappa shape index (κ2) is 6.17. The van der Waals surface area contributed by atoms with Crippen LogP contribution in [0.3, 0.4) is 0 Å². The highest BCUT2D eigenvalue weighted by Crippen LogP contribution is 2.25. The first-order valence-electron chi connectivity index (χ1n) is 4.70. The minimum atomic E-state index is -0.0383. The Kier molecular flexibility index (Phi) is 4.81. The van der Waals surface area contributed by atoms with Gasteiger partial charge in [0, 0.05) is 4.91 Å². The molecule has 0 fully saturated rings. The van der Waals surface area contributed by atoms with Gasteiger partial charge in [0.25, 0.3) is 0 Å². The Balaban J connectivity index is 2.69. The van der Waals surface area contributed by atoms with E-state index in [1.54, 1.807) is 6.07 Å². The summed E-state index contributed by atoms with van der Waals surface area (Å²) in [4.78, 5) is 2.58. The first-order chi connectivity index (χ1) is 7.27. The largest absolute Gasteiger partial charge is 0.486 e. The Bertz CT molecular complexity index is 375. The van der Waals surface area contributed by atoms with Gasteiger partial charge in [0.05, 0.1) is 5.02 Å². The second-order valence-corrected chi connectivity index (χ2v) is 3.43. The summed E-state index contributed by atoms with van der Waals surface area (Å²) in [5.74, 6) is 0.545. The van der Waals surface area contributed by atoms with Crippen molar-refractivity contribution < 1.29 is 4.74 Å². The SMILES string of the molecule is CCCc1ccc(OCN=[N+]=[N-])c(Cl)c1. The second-order valence-electron chi connectivity index (χ2n) is 3.02. The first-order valence-corrected chi connectivity index (χ1v) is 5.07. The van der Waals surface area contributed by atoms with Crippen LogP contribution in [0.5, 0.6) is 5.75 Å². The Morgan fingerprint density at radius 3 is 2.93 bits per heavy atom. The van der Waals surface area contributed by atoms with E-state index in [4.69, 9.17) is 21.9 Å². The van der Waals surface area contributed by atoms with Gasteiger partial charge >= 0.3 is 0 Å². The molecule has 15 heavy (non-hydrogen) atoms. The number of benzene rings is 1. The molecule has 1 rings (SSSR count). The molecule has 4 nitrogen and oxygen atoms in total.